The molecule has 1 aromatic heterocycles. The van der Waals surface area contributed by atoms with Crippen LogP contribution in [0.2, 0.25) is 0 Å². The first-order valence-corrected chi connectivity index (χ1v) is 7.70. The maximum atomic E-state index is 13.0. The van der Waals surface area contributed by atoms with Gasteiger partial charge in [0.05, 0.1) is 5.69 Å². The van der Waals surface area contributed by atoms with E-state index in [2.05, 4.69) is 15.6 Å². The second kappa shape index (κ2) is 8.59. The number of thiazole rings is 1. The van der Waals surface area contributed by atoms with Crippen LogP contribution in [0.1, 0.15) is 21.8 Å². The van der Waals surface area contributed by atoms with Gasteiger partial charge in [0.2, 0.25) is 0 Å². The van der Waals surface area contributed by atoms with Gasteiger partial charge in [0.15, 0.2) is 0 Å². The number of hydrogen-bond acceptors (Lipinski definition) is 4. The molecule has 0 radical (unpaired) electrons. The number of carbonyl (C=O) groups is 1. The van der Waals surface area contributed by atoms with Gasteiger partial charge in [-0.05, 0) is 44.2 Å². The number of carbonyl (C=O) groups excluding carboxylic acids is 1. The van der Waals surface area contributed by atoms with Gasteiger partial charge in [-0.3, -0.25) is 4.79 Å². The summed E-state index contributed by atoms with van der Waals surface area (Å²) in [6.07, 6.45) is 0.953. The van der Waals surface area contributed by atoms with Crippen molar-refractivity contribution in [3.8, 4) is 10.6 Å². The highest BCUT2D eigenvalue weighted by molar-refractivity contribution is 7.17. The van der Waals surface area contributed by atoms with Crippen molar-refractivity contribution in [2.24, 2.45) is 0 Å². The molecule has 0 saturated carbocycles. The highest BCUT2D eigenvalue weighted by Crippen LogP contribution is 2.28. The molecule has 1 fully saturated rings. The molecule has 23 heavy (non-hydrogen) atoms. The van der Waals surface area contributed by atoms with Gasteiger partial charge < -0.3 is 10.6 Å². The van der Waals surface area contributed by atoms with E-state index >= 15 is 0 Å². The van der Waals surface area contributed by atoms with Crippen LogP contribution in [-0.4, -0.2) is 30.0 Å². The third-order valence-corrected chi connectivity index (χ3v) is 4.69. The normalized spacial score (nSPS) is 16.3. The van der Waals surface area contributed by atoms with Crippen molar-refractivity contribution in [3.05, 3.63) is 40.7 Å². The van der Waals surface area contributed by atoms with Gasteiger partial charge in [-0.2, -0.15) is 0 Å². The van der Waals surface area contributed by atoms with E-state index in [1.807, 2.05) is 6.92 Å². The maximum Gasteiger partial charge on any atom is 0.263 e. The third-order valence-electron chi connectivity index (χ3n) is 3.49. The smallest absolute Gasteiger partial charge is 0.263 e. The summed E-state index contributed by atoms with van der Waals surface area (Å²) in [5.41, 5.74) is 1.54. The second-order valence-corrected chi connectivity index (χ2v) is 6.10. The molecule has 4 nitrogen and oxygen atoms in total. The molecular weight excluding hydrogens is 360 g/mol. The number of benzene rings is 1. The summed E-state index contributed by atoms with van der Waals surface area (Å²) < 4.78 is 13.0. The largest absolute Gasteiger partial charge is 0.347 e. The SMILES string of the molecule is Cc1nc(-c2ccc(F)cc2)sc1C(=O)NC1CCNC1.Cl.Cl. The Morgan fingerprint density at radius 2 is 2.04 bits per heavy atom. The highest BCUT2D eigenvalue weighted by atomic mass is 35.5. The van der Waals surface area contributed by atoms with E-state index in [0.717, 1.165) is 30.1 Å². The number of amides is 1. The zero-order valence-corrected chi connectivity index (χ0v) is 14.9. The predicted molar refractivity (Wildman–Crippen MR) is 95.5 cm³/mol. The maximum absolute atomic E-state index is 13.0. The molecule has 2 aromatic rings. The molecule has 0 aliphatic carbocycles. The summed E-state index contributed by atoms with van der Waals surface area (Å²) in [5.74, 6) is -0.356. The fourth-order valence-corrected chi connectivity index (χ4v) is 3.33. The minimum atomic E-state index is -0.279. The molecule has 8 heteroatoms. The molecule has 1 unspecified atom stereocenters. The first-order chi connectivity index (χ1) is 10.1. The Hall–Kier alpha value is -1.21. The van der Waals surface area contributed by atoms with Gasteiger partial charge in [-0.1, -0.05) is 0 Å². The Morgan fingerprint density at radius 1 is 1.35 bits per heavy atom. The summed E-state index contributed by atoms with van der Waals surface area (Å²) in [4.78, 5) is 17.3. The van der Waals surface area contributed by atoms with E-state index in [1.165, 1.54) is 23.5 Å². The number of aromatic nitrogens is 1. The van der Waals surface area contributed by atoms with Crippen LogP contribution in [-0.2, 0) is 0 Å². The first-order valence-electron chi connectivity index (χ1n) is 6.88. The molecule has 126 valence electrons. The van der Waals surface area contributed by atoms with Crippen molar-refractivity contribution in [2.75, 3.05) is 13.1 Å². The van der Waals surface area contributed by atoms with Crippen LogP contribution < -0.4 is 10.6 Å². The average Bonchev–Trinajstić information content (AvgIpc) is 3.09. The van der Waals surface area contributed by atoms with Crippen molar-refractivity contribution in [1.29, 1.82) is 0 Å². The van der Waals surface area contributed by atoms with Gasteiger partial charge in [-0.15, -0.1) is 36.2 Å². The molecule has 0 bridgehead atoms. The van der Waals surface area contributed by atoms with E-state index in [-0.39, 0.29) is 42.6 Å². The Morgan fingerprint density at radius 3 is 2.65 bits per heavy atom. The van der Waals surface area contributed by atoms with Gasteiger partial charge in [-0.25, -0.2) is 9.37 Å². The monoisotopic (exact) mass is 377 g/mol. The number of halogens is 3. The minimum Gasteiger partial charge on any atom is -0.347 e. The molecule has 1 saturated heterocycles. The fourth-order valence-electron chi connectivity index (χ4n) is 2.35. The van der Waals surface area contributed by atoms with E-state index in [0.29, 0.717) is 10.6 Å². The molecule has 2 heterocycles. The molecule has 1 aliphatic rings. The summed E-state index contributed by atoms with van der Waals surface area (Å²) >= 11 is 1.34. The average molecular weight is 378 g/mol. The number of nitrogens with one attached hydrogen (secondary N) is 2. The Balaban J connectivity index is 0.00000132. The molecule has 1 amide bonds. The molecule has 1 aromatic carbocycles. The lowest BCUT2D eigenvalue weighted by atomic mass is 10.2. The summed E-state index contributed by atoms with van der Waals surface area (Å²) in [6, 6.07) is 6.34. The lowest BCUT2D eigenvalue weighted by molar-refractivity contribution is 0.0943. The van der Waals surface area contributed by atoms with Crippen LogP contribution in [0, 0.1) is 12.7 Å². The molecule has 0 spiro atoms. The zero-order valence-electron chi connectivity index (χ0n) is 12.5. The van der Waals surface area contributed by atoms with Crippen LogP contribution in [0.4, 0.5) is 4.39 Å². The number of hydrogen-bond donors (Lipinski definition) is 2. The standard InChI is InChI=1S/C15H16FN3OS.2ClH/c1-9-13(14(20)19-12-6-7-17-8-12)21-15(18-9)10-2-4-11(16)5-3-10;;/h2-5,12,17H,6-8H2,1H3,(H,19,20);2*1H. The van der Waals surface area contributed by atoms with Crippen LogP contribution in [0.5, 0.6) is 0 Å². The first kappa shape index (κ1) is 19.8. The van der Waals surface area contributed by atoms with Gasteiger partial charge >= 0.3 is 0 Å². The molecule has 1 atom stereocenters. The lowest BCUT2D eigenvalue weighted by Gasteiger charge is -2.09. The van der Waals surface area contributed by atoms with Crippen LogP contribution in [0.15, 0.2) is 24.3 Å². The van der Waals surface area contributed by atoms with E-state index in [9.17, 15) is 9.18 Å². The number of aryl methyl sites for hydroxylation is 1. The summed E-state index contributed by atoms with van der Waals surface area (Å²) in [5, 5.41) is 6.97. The predicted octanol–water partition coefficient (Wildman–Crippen LogP) is 3.19. The summed E-state index contributed by atoms with van der Waals surface area (Å²) in [6.45, 7) is 3.58. The third kappa shape index (κ3) is 4.64. The molecule has 1 aliphatic heterocycles. The zero-order chi connectivity index (χ0) is 14.8. The van der Waals surface area contributed by atoms with E-state index in [1.54, 1.807) is 12.1 Å². The molecule has 2 N–H and O–H groups in total. The van der Waals surface area contributed by atoms with E-state index < -0.39 is 0 Å². The molecule has 3 rings (SSSR count). The Bertz CT molecular complexity index is 657. The molecular formula is C15H18Cl2FN3OS. The van der Waals surface area contributed by atoms with Gasteiger partial charge in [0.1, 0.15) is 15.7 Å². The topological polar surface area (TPSA) is 54.0 Å². The number of nitrogens with zero attached hydrogens (tertiary/aromatic N) is 1. The fraction of sp³-hybridized carbons (Fsp3) is 0.333. The Kier molecular flexibility index (Phi) is 7.41. The minimum absolute atomic E-state index is 0. The van der Waals surface area contributed by atoms with Crippen molar-refractivity contribution >= 4 is 42.1 Å². The Labute approximate surface area is 150 Å². The van der Waals surface area contributed by atoms with Crippen molar-refractivity contribution in [1.82, 2.24) is 15.6 Å². The van der Waals surface area contributed by atoms with Crippen molar-refractivity contribution in [3.63, 3.8) is 0 Å². The number of rotatable bonds is 3. The van der Waals surface area contributed by atoms with Crippen LogP contribution >= 0.6 is 36.2 Å². The summed E-state index contributed by atoms with van der Waals surface area (Å²) in [7, 11) is 0. The highest BCUT2D eigenvalue weighted by Gasteiger charge is 2.21. The second-order valence-electron chi connectivity index (χ2n) is 5.10. The van der Waals surface area contributed by atoms with Crippen molar-refractivity contribution in [2.45, 2.75) is 19.4 Å². The van der Waals surface area contributed by atoms with Crippen LogP contribution in [0.25, 0.3) is 10.6 Å². The van der Waals surface area contributed by atoms with E-state index in [4.69, 9.17) is 0 Å². The quantitative estimate of drug-likeness (QED) is 0.863. The van der Waals surface area contributed by atoms with Crippen molar-refractivity contribution < 1.29 is 9.18 Å². The van der Waals surface area contributed by atoms with Crippen LogP contribution in [0.3, 0.4) is 0 Å². The van der Waals surface area contributed by atoms with Gasteiger partial charge in [0.25, 0.3) is 5.91 Å². The van der Waals surface area contributed by atoms with Gasteiger partial charge in [0, 0.05) is 18.2 Å². The lowest BCUT2D eigenvalue weighted by Crippen LogP contribution is -2.36.